The SMILES string of the molecule is CCc1ccccc1OCCN(C)CC1CCC(=O)N(C)C1. The third-order valence-electron chi connectivity index (χ3n) is 4.38. The Morgan fingerprint density at radius 3 is 2.86 bits per heavy atom. The number of amides is 1. The van der Waals surface area contributed by atoms with Gasteiger partial charge in [-0.3, -0.25) is 4.79 Å². The Kier molecular flexibility index (Phi) is 6.25. The van der Waals surface area contributed by atoms with Crippen molar-refractivity contribution in [3.8, 4) is 5.75 Å². The number of aryl methyl sites for hydroxylation is 1. The Labute approximate surface area is 134 Å². The fourth-order valence-electron chi connectivity index (χ4n) is 3.03. The van der Waals surface area contributed by atoms with Gasteiger partial charge in [0.05, 0.1) is 0 Å². The highest BCUT2D eigenvalue weighted by Gasteiger charge is 2.23. The lowest BCUT2D eigenvalue weighted by molar-refractivity contribution is -0.133. The molecule has 1 saturated heterocycles. The Morgan fingerprint density at radius 2 is 2.14 bits per heavy atom. The van der Waals surface area contributed by atoms with Crippen LogP contribution in [0.15, 0.2) is 24.3 Å². The molecule has 22 heavy (non-hydrogen) atoms. The summed E-state index contributed by atoms with van der Waals surface area (Å²) in [6.45, 7) is 5.66. The van der Waals surface area contributed by atoms with Crippen molar-refractivity contribution < 1.29 is 9.53 Å². The van der Waals surface area contributed by atoms with Crippen molar-refractivity contribution >= 4 is 5.91 Å². The fourth-order valence-corrected chi connectivity index (χ4v) is 3.03. The molecule has 0 aromatic heterocycles. The van der Waals surface area contributed by atoms with Crippen LogP contribution in [0.2, 0.25) is 0 Å². The van der Waals surface area contributed by atoms with E-state index in [-0.39, 0.29) is 5.91 Å². The summed E-state index contributed by atoms with van der Waals surface area (Å²) in [5, 5.41) is 0. The number of ether oxygens (including phenoxy) is 1. The first-order chi connectivity index (χ1) is 10.6. The van der Waals surface area contributed by atoms with Crippen LogP contribution in [0.4, 0.5) is 0 Å². The number of para-hydroxylation sites is 1. The van der Waals surface area contributed by atoms with Gasteiger partial charge in [0.25, 0.3) is 0 Å². The molecule has 1 aliphatic heterocycles. The zero-order chi connectivity index (χ0) is 15.9. The summed E-state index contributed by atoms with van der Waals surface area (Å²) >= 11 is 0. The summed E-state index contributed by atoms with van der Waals surface area (Å²) in [4.78, 5) is 15.7. The Hall–Kier alpha value is -1.55. The van der Waals surface area contributed by atoms with Crippen molar-refractivity contribution in [2.75, 3.05) is 40.3 Å². The zero-order valence-electron chi connectivity index (χ0n) is 14.0. The van der Waals surface area contributed by atoms with Crippen molar-refractivity contribution in [1.29, 1.82) is 0 Å². The minimum atomic E-state index is 0.276. The molecule has 0 saturated carbocycles. The van der Waals surface area contributed by atoms with Gasteiger partial charge < -0.3 is 14.5 Å². The van der Waals surface area contributed by atoms with E-state index < -0.39 is 0 Å². The Morgan fingerprint density at radius 1 is 1.36 bits per heavy atom. The number of benzene rings is 1. The largest absolute Gasteiger partial charge is 0.492 e. The first-order valence-corrected chi connectivity index (χ1v) is 8.23. The number of piperidine rings is 1. The molecule has 0 bridgehead atoms. The molecule has 0 N–H and O–H groups in total. The van der Waals surface area contributed by atoms with E-state index in [1.165, 1.54) is 5.56 Å². The predicted octanol–water partition coefficient (Wildman–Crippen LogP) is 2.43. The van der Waals surface area contributed by atoms with Crippen LogP contribution in [-0.2, 0) is 11.2 Å². The summed E-state index contributed by atoms with van der Waals surface area (Å²) < 4.78 is 5.92. The van der Waals surface area contributed by atoms with Gasteiger partial charge in [0.2, 0.25) is 5.91 Å². The van der Waals surface area contributed by atoms with Crippen molar-refractivity contribution in [1.82, 2.24) is 9.80 Å². The minimum absolute atomic E-state index is 0.276. The van der Waals surface area contributed by atoms with Gasteiger partial charge in [-0.25, -0.2) is 0 Å². The number of likely N-dealkylation sites (tertiary alicyclic amines) is 1. The van der Waals surface area contributed by atoms with E-state index in [0.717, 1.165) is 38.2 Å². The molecule has 1 unspecified atom stereocenters. The van der Waals surface area contributed by atoms with Gasteiger partial charge in [-0.05, 0) is 37.4 Å². The number of hydrogen-bond donors (Lipinski definition) is 0. The van der Waals surface area contributed by atoms with E-state index in [0.29, 0.717) is 18.9 Å². The van der Waals surface area contributed by atoms with E-state index in [9.17, 15) is 4.79 Å². The van der Waals surface area contributed by atoms with Gasteiger partial charge in [0, 0.05) is 33.1 Å². The average molecular weight is 304 g/mol. The van der Waals surface area contributed by atoms with Crippen LogP contribution in [0, 0.1) is 5.92 Å². The second kappa shape index (κ2) is 8.18. The topological polar surface area (TPSA) is 32.8 Å². The lowest BCUT2D eigenvalue weighted by Gasteiger charge is -2.32. The van der Waals surface area contributed by atoms with Crippen molar-refractivity contribution in [2.24, 2.45) is 5.92 Å². The zero-order valence-corrected chi connectivity index (χ0v) is 14.0. The molecule has 0 radical (unpaired) electrons. The molecule has 1 fully saturated rings. The highest BCUT2D eigenvalue weighted by Crippen LogP contribution is 2.19. The Balaban J connectivity index is 1.71. The molecular weight excluding hydrogens is 276 g/mol. The summed E-state index contributed by atoms with van der Waals surface area (Å²) in [7, 11) is 4.03. The molecule has 0 spiro atoms. The molecule has 1 aromatic rings. The highest BCUT2D eigenvalue weighted by atomic mass is 16.5. The molecule has 4 nitrogen and oxygen atoms in total. The van der Waals surface area contributed by atoms with Crippen molar-refractivity contribution in [3.05, 3.63) is 29.8 Å². The standard InChI is InChI=1S/C18H28N2O2/c1-4-16-7-5-6-8-17(16)22-12-11-19(2)13-15-9-10-18(21)20(3)14-15/h5-8,15H,4,9-14H2,1-3H3. The smallest absolute Gasteiger partial charge is 0.222 e. The lowest BCUT2D eigenvalue weighted by atomic mass is 9.97. The maximum Gasteiger partial charge on any atom is 0.222 e. The summed E-state index contributed by atoms with van der Waals surface area (Å²) in [6.07, 6.45) is 2.69. The van der Waals surface area contributed by atoms with Crippen molar-refractivity contribution in [2.45, 2.75) is 26.2 Å². The van der Waals surface area contributed by atoms with Crippen LogP contribution in [0.3, 0.4) is 0 Å². The van der Waals surface area contributed by atoms with Gasteiger partial charge in [-0.15, -0.1) is 0 Å². The van der Waals surface area contributed by atoms with Gasteiger partial charge in [0.15, 0.2) is 0 Å². The minimum Gasteiger partial charge on any atom is -0.492 e. The first kappa shape index (κ1) is 16.8. The molecule has 1 atom stereocenters. The summed E-state index contributed by atoms with van der Waals surface area (Å²) in [5.41, 5.74) is 1.26. The van der Waals surface area contributed by atoms with Crippen LogP contribution >= 0.6 is 0 Å². The Bertz CT molecular complexity index is 490. The fraction of sp³-hybridized carbons (Fsp3) is 0.611. The monoisotopic (exact) mass is 304 g/mol. The van der Waals surface area contributed by atoms with Gasteiger partial charge >= 0.3 is 0 Å². The molecule has 2 rings (SSSR count). The molecule has 1 aromatic carbocycles. The molecule has 122 valence electrons. The number of rotatable bonds is 7. The van der Waals surface area contributed by atoms with E-state index in [1.54, 1.807) is 0 Å². The highest BCUT2D eigenvalue weighted by molar-refractivity contribution is 5.76. The number of carbonyl (C=O) groups is 1. The second-order valence-corrected chi connectivity index (χ2v) is 6.25. The lowest BCUT2D eigenvalue weighted by Crippen LogP contribution is -2.41. The molecule has 4 heteroatoms. The number of likely N-dealkylation sites (N-methyl/N-ethyl adjacent to an activating group) is 1. The molecule has 1 aliphatic rings. The third-order valence-corrected chi connectivity index (χ3v) is 4.38. The average Bonchev–Trinajstić information content (AvgIpc) is 2.51. The van der Waals surface area contributed by atoms with Crippen molar-refractivity contribution in [3.63, 3.8) is 0 Å². The molecule has 0 aliphatic carbocycles. The number of hydrogen-bond acceptors (Lipinski definition) is 3. The van der Waals surface area contributed by atoms with E-state index >= 15 is 0 Å². The van der Waals surface area contributed by atoms with Crippen LogP contribution in [0.1, 0.15) is 25.3 Å². The molecule has 1 amide bonds. The first-order valence-electron chi connectivity index (χ1n) is 8.23. The maximum absolute atomic E-state index is 11.5. The predicted molar refractivity (Wildman–Crippen MR) is 89.2 cm³/mol. The summed E-state index contributed by atoms with van der Waals surface area (Å²) in [6, 6.07) is 8.24. The normalized spacial score (nSPS) is 18.8. The molecular formula is C18H28N2O2. The van der Waals surface area contributed by atoms with E-state index in [2.05, 4.69) is 31.0 Å². The van der Waals surface area contributed by atoms with Gasteiger partial charge in [0.1, 0.15) is 12.4 Å². The van der Waals surface area contributed by atoms with Crippen LogP contribution < -0.4 is 4.74 Å². The van der Waals surface area contributed by atoms with Crippen LogP contribution in [0.25, 0.3) is 0 Å². The third kappa shape index (κ3) is 4.73. The number of nitrogens with zero attached hydrogens (tertiary/aromatic N) is 2. The number of carbonyl (C=O) groups excluding carboxylic acids is 1. The van der Waals surface area contributed by atoms with E-state index in [1.807, 2.05) is 24.1 Å². The summed E-state index contributed by atoms with van der Waals surface area (Å²) in [5.74, 6) is 1.86. The van der Waals surface area contributed by atoms with Crippen LogP contribution in [-0.4, -0.2) is 56.0 Å². The maximum atomic E-state index is 11.5. The van der Waals surface area contributed by atoms with Gasteiger partial charge in [-0.2, -0.15) is 0 Å². The van der Waals surface area contributed by atoms with E-state index in [4.69, 9.17) is 4.74 Å². The quantitative estimate of drug-likeness (QED) is 0.775. The van der Waals surface area contributed by atoms with Gasteiger partial charge in [-0.1, -0.05) is 25.1 Å². The molecule has 1 heterocycles. The van der Waals surface area contributed by atoms with Crippen LogP contribution in [0.5, 0.6) is 5.75 Å². The second-order valence-electron chi connectivity index (χ2n) is 6.25.